The van der Waals surface area contributed by atoms with Gasteiger partial charge in [0.05, 0.1) is 11.0 Å². The van der Waals surface area contributed by atoms with Crippen LogP contribution in [0.4, 0.5) is 11.5 Å². The minimum atomic E-state index is -0.470. The van der Waals surface area contributed by atoms with Crippen LogP contribution < -0.4 is 5.32 Å². The van der Waals surface area contributed by atoms with Gasteiger partial charge < -0.3 is 10.4 Å². The van der Waals surface area contributed by atoms with Crippen molar-refractivity contribution in [2.24, 2.45) is 5.41 Å². The number of halogens is 1. The zero-order valence-corrected chi connectivity index (χ0v) is 11.6. The molecule has 1 aliphatic rings. The molecule has 18 heavy (non-hydrogen) atoms. The predicted octanol–water partition coefficient (Wildman–Crippen LogP) is 2.32. The van der Waals surface area contributed by atoms with Crippen molar-refractivity contribution in [3.63, 3.8) is 0 Å². The van der Waals surface area contributed by atoms with Gasteiger partial charge in [-0.25, -0.2) is 4.98 Å². The highest BCUT2D eigenvalue weighted by Crippen LogP contribution is 2.43. The van der Waals surface area contributed by atoms with Crippen molar-refractivity contribution < 1.29 is 10.0 Å². The third-order valence-corrected chi connectivity index (χ3v) is 3.99. The van der Waals surface area contributed by atoms with E-state index in [1.54, 1.807) is 0 Å². The third kappa shape index (κ3) is 2.20. The molecule has 1 fully saturated rings. The number of anilines is 1. The van der Waals surface area contributed by atoms with Crippen LogP contribution in [0.2, 0.25) is 0 Å². The number of pyridine rings is 1. The Hall–Kier alpha value is -1.21. The number of aliphatic hydroxyl groups excluding tert-OH is 1. The molecule has 0 radical (unpaired) electrons. The van der Waals surface area contributed by atoms with Gasteiger partial charge in [0.1, 0.15) is 0 Å². The Labute approximate surface area is 113 Å². The Morgan fingerprint density at radius 3 is 2.83 bits per heavy atom. The van der Waals surface area contributed by atoms with Crippen molar-refractivity contribution in [3.8, 4) is 0 Å². The number of aromatic nitrogens is 1. The van der Waals surface area contributed by atoms with Gasteiger partial charge in [-0.2, -0.15) is 0 Å². The Morgan fingerprint density at radius 2 is 2.33 bits per heavy atom. The van der Waals surface area contributed by atoms with E-state index in [-0.39, 0.29) is 29.1 Å². The molecule has 2 rings (SSSR count). The molecule has 2 atom stereocenters. The molecule has 0 amide bonds. The Bertz CT molecular complexity index is 492. The van der Waals surface area contributed by atoms with E-state index in [0.29, 0.717) is 10.9 Å². The van der Waals surface area contributed by atoms with Crippen LogP contribution in [-0.4, -0.2) is 27.2 Å². The molecule has 0 bridgehead atoms. The van der Waals surface area contributed by atoms with Crippen molar-refractivity contribution in [2.45, 2.75) is 32.4 Å². The highest BCUT2D eigenvalue weighted by Gasteiger charge is 2.47. The van der Waals surface area contributed by atoms with Crippen LogP contribution in [0.3, 0.4) is 0 Å². The molecule has 98 valence electrons. The minimum absolute atomic E-state index is 0.0140. The lowest BCUT2D eigenvalue weighted by Crippen LogP contribution is -2.57. The summed E-state index contributed by atoms with van der Waals surface area (Å²) in [6.45, 7) is 3.84. The highest BCUT2D eigenvalue weighted by molar-refractivity contribution is 9.10. The van der Waals surface area contributed by atoms with Crippen LogP contribution >= 0.6 is 15.9 Å². The first kappa shape index (κ1) is 13.2. The fourth-order valence-electron chi connectivity index (χ4n) is 1.99. The second-order valence-electron chi connectivity index (χ2n) is 5.05. The SMILES string of the molecule is CC1(C)C(O)CC1Nc1ncc(Br)cc1[N+](=O)[O-]. The first-order chi connectivity index (χ1) is 8.32. The summed E-state index contributed by atoms with van der Waals surface area (Å²) < 4.78 is 0.563. The number of hydrogen-bond donors (Lipinski definition) is 2. The third-order valence-electron chi connectivity index (χ3n) is 3.56. The van der Waals surface area contributed by atoms with Gasteiger partial charge in [0.25, 0.3) is 0 Å². The van der Waals surface area contributed by atoms with Crippen molar-refractivity contribution in [3.05, 3.63) is 26.9 Å². The van der Waals surface area contributed by atoms with Crippen LogP contribution in [0.5, 0.6) is 0 Å². The number of nitrogens with zero attached hydrogens (tertiary/aromatic N) is 2. The molecular weight excluding hydrogens is 302 g/mol. The van der Waals surface area contributed by atoms with Gasteiger partial charge in [-0.1, -0.05) is 13.8 Å². The largest absolute Gasteiger partial charge is 0.392 e. The molecule has 2 N–H and O–H groups in total. The van der Waals surface area contributed by atoms with Gasteiger partial charge >= 0.3 is 5.69 Å². The summed E-state index contributed by atoms with van der Waals surface area (Å²) in [5, 5.41) is 23.6. The summed E-state index contributed by atoms with van der Waals surface area (Å²) in [5.74, 6) is 0.244. The summed E-state index contributed by atoms with van der Waals surface area (Å²) in [7, 11) is 0. The molecule has 7 heteroatoms. The maximum atomic E-state index is 10.9. The number of rotatable bonds is 3. The second kappa shape index (κ2) is 4.47. The summed E-state index contributed by atoms with van der Waals surface area (Å²) in [6.07, 6.45) is 1.70. The summed E-state index contributed by atoms with van der Waals surface area (Å²) in [5.41, 5.74) is -0.371. The van der Waals surface area contributed by atoms with Crippen LogP contribution in [0.15, 0.2) is 16.7 Å². The molecule has 1 aliphatic carbocycles. The van der Waals surface area contributed by atoms with Crippen molar-refractivity contribution in [2.75, 3.05) is 5.32 Å². The molecule has 0 saturated heterocycles. The van der Waals surface area contributed by atoms with Gasteiger partial charge in [0.2, 0.25) is 5.82 Å². The quantitative estimate of drug-likeness (QED) is 0.660. The fourth-order valence-corrected chi connectivity index (χ4v) is 2.31. The molecule has 1 aromatic heterocycles. The normalized spacial score (nSPS) is 25.3. The van der Waals surface area contributed by atoms with Crippen LogP contribution in [-0.2, 0) is 0 Å². The van der Waals surface area contributed by atoms with Gasteiger partial charge in [-0.3, -0.25) is 10.1 Å². The first-order valence-corrected chi connectivity index (χ1v) is 6.36. The highest BCUT2D eigenvalue weighted by atomic mass is 79.9. The molecule has 6 nitrogen and oxygen atoms in total. The molecule has 1 aromatic rings. The Morgan fingerprint density at radius 1 is 1.67 bits per heavy atom. The zero-order chi connectivity index (χ0) is 13.5. The van der Waals surface area contributed by atoms with Gasteiger partial charge in [0, 0.05) is 28.2 Å². The lowest BCUT2D eigenvalue weighted by molar-refractivity contribution is -0.384. The molecule has 1 heterocycles. The maximum absolute atomic E-state index is 10.9. The Kier molecular flexibility index (Phi) is 3.29. The van der Waals surface area contributed by atoms with Gasteiger partial charge in [0.15, 0.2) is 0 Å². The van der Waals surface area contributed by atoms with Crippen LogP contribution in [0.25, 0.3) is 0 Å². The van der Waals surface area contributed by atoms with E-state index in [1.165, 1.54) is 12.3 Å². The molecule has 0 aromatic carbocycles. The fraction of sp³-hybridized carbons (Fsp3) is 0.545. The van der Waals surface area contributed by atoms with Crippen molar-refractivity contribution in [1.29, 1.82) is 0 Å². The van der Waals surface area contributed by atoms with E-state index >= 15 is 0 Å². The minimum Gasteiger partial charge on any atom is -0.392 e. The standard InChI is InChI=1S/C11H14BrN3O3/c1-11(2)8(4-9(11)16)14-10-7(15(17)18)3-6(12)5-13-10/h3,5,8-9,16H,4H2,1-2H3,(H,13,14). The van der Waals surface area contributed by atoms with Crippen molar-refractivity contribution >= 4 is 27.4 Å². The molecule has 1 saturated carbocycles. The smallest absolute Gasteiger partial charge is 0.312 e. The monoisotopic (exact) mass is 315 g/mol. The number of aliphatic hydroxyl groups is 1. The molecule has 0 aliphatic heterocycles. The van der Waals surface area contributed by atoms with Crippen molar-refractivity contribution in [1.82, 2.24) is 4.98 Å². The average molecular weight is 316 g/mol. The van der Waals surface area contributed by atoms with Crippen LogP contribution in [0.1, 0.15) is 20.3 Å². The van der Waals surface area contributed by atoms with E-state index < -0.39 is 4.92 Å². The maximum Gasteiger partial charge on any atom is 0.312 e. The summed E-state index contributed by atoms with van der Waals surface area (Å²) >= 11 is 3.16. The lowest BCUT2D eigenvalue weighted by Gasteiger charge is -2.49. The van der Waals surface area contributed by atoms with E-state index in [9.17, 15) is 15.2 Å². The summed E-state index contributed by atoms with van der Waals surface area (Å²) in [6, 6.07) is 1.40. The number of hydrogen-bond acceptors (Lipinski definition) is 5. The van der Waals surface area contributed by atoms with E-state index in [0.717, 1.165) is 0 Å². The topological polar surface area (TPSA) is 88.3 Å². The van der Waals surface area contributed by atoms with Gasteiger partial charge in [-0.15, -0.1) is 0 Å². The first-order valence-electron chi connectivity index (χ1n) is 5.57. The van der Waals surface area contributed by atoms with E-state index in [2.05, 4.69) is 26.2 Å². The second-order valence-corrected chi connectivity index (χ2v) is 5.96. The number of nitrogens with one attached hydrogen (secondary N) is 1. The van der Waals surface area contributed by atoms with E-state index in [4.69, 9.17) is 0 Å². The molecule has 2 unspecified atom stereocenters. The molecular formula is C11H14BrN3O3. The van der Waals surface area contributed by atoms with Crippen LogP contribution in [0, 0.1) is 15.5 Å². The lowest BCUT2D eigenvalue weighted by atomic mass is 9.64. The zero-order valence-electron chi connectivity index (χ0n) is 10.1. The van der Waals surface area contributed by atoms with E-state index in [1.807, 2.05) is 13.8 Å². The summed E-state index contributed by atoms with van der Waals surface area (Å²) in [4.78, 5) is 14.5. The predicted molar refractivity (Wildman–Crippen MR) is 70.4 cm³/mol. The Balaban J connectivity index is 2.23. The average Bonchev–Trinajstić information content (AvgIpc) is 2.30. The van der Waals surface area contributed by atoms with Gasteiger partial charge in [-0.05, 0) is 22.4 Å². The number of nitro groups is 1. The molecule has 0 spiro atoms.